The Kier molecular flexibility index (Phi) is 8.26. The van der Waals surface area contributed by atoms with Crippen molar-refractivity contribution in [3.8, 4) is 0 Å². The van der Waals surface area contributed by atoms with Crippen LogP contribution < -0.4 is 5.32 Å². The van der Waals surface area contributed by atoms with Crippen LogP contribution in [0.25, 0.3) is 0 Å². The van der Waals surface area contributed by atoms with Crippen LogP contribution in [0.2, 0.25) is 0 Å². The maximum Gasteiger partial charge on any atom is 0.128 e. The predicted octanol–water partition coefficient (Wildman–Crippen LogP) is 3.07. The van der Waals surface area contributed by atoms with Crippen LogP contribution in [0, 0.1) is 5.41 Å². The average Bonchev–Trinajstić information content (AvgIpc) is 2.56. The minimum atomic E-state index is -0.229. The number of rotatable bonds is 7. The van der Waals surface area contributed by atoms with Gasteiger partial charge in [-0.05, 0) is 39.0 Å². The van der Waals surface area contributed by atoms with Crippen LogP contribution in [0.3, 0.4) is 0 Å². The van der Waals surface area contributed by atoms with E-state index in [9.17, 15) is 0 Å². The first-order valence-electron chi connectivity index (χ1n) is 8.79. The first-order valence-corrected chi connectivity index (χ1v) is 8.79. The Hall–Kier alpha value is -1.72. The van der Waals surface area contributed by atoms with Gasteiger partial charge in [0.15, 0.2) is 0 Å². The Morgan fingerprint density at radius 2 is 2.12 bits per heavy atom. The monoisotopic (exact) mass is 346 g/mol. The van der Waals surface area contributed by atoms with E-state index in [0.29, 0.717) is 13.2 Å². The van der Waals surface area contributed by atoms with E-state index in [0.717, 1.165) is 23.5 Å². The molecule has 1 heterocycles. The minimum absolute atomic E-state index is 0.194. The Labute approximate surface area is 153 Å². The molecule has 1 aliphatic heterocycles. The third-order valence-electron chi connectivity index (χ3n) is 4.77. The molecule has 0 bridgehead atoms. The van der Waals surface area contributed by atoms with Gasteiger partial charge in [0.25, 0.3) is 0 Å². The van der Waals surface area contributed by atoms with E-state index in [1.54, 1.807) is 7.05 Å². The van der Waals surface area contributed by atoms with Crippen molar-refractivity contribution in [2.45, 2.75) is 39.3 Å². The Morgan fingerprint density at radius 3 is 2.68 bits per heavy atom. The molecule has 2 unspecified atom stereocenters. The minimum Gasteiger partial charge on any atom is -0.377 e. The molecule has 1 fully saturated rings. The Balaban J connectivity index is 3.23. The highest BCUT2D eigenvalue weighted by Crippen LogP contribution is 2.39. The second kappa shape index (κ2) is 9.68. The van der Waals surface area contributed by atoms with E-state index >= 15 is 0 Å². The highest BCUT2D eigenvalue weighted by Gasteiger charge is 2.44. The van der Waals surface area contributed by atoms with E-state index < -0.39 is 0 Å². The first kappa shape index (κ1) is 21.3. The van der Waals surface area contributed by atoms with Crippen molar-refractivity contribution >= 4 is 12.1 Å². The lowest BCUT2D eigenvalue weighted by Gasteiger charge is -2.48. The molecule has 1 N–H and O–H groups in total. The molecule has 0 aromatic heterocycles. The highest BCUT2D eigenvalue weighted by molar-refractivity contribution is 5.94. The molecule has 0 spiro atoms. The van der Waals surface area contributed by atoms with Crippen LogP contribution in [0.4, 0.5) is 0 Å². The molecular weight excluding hydrogens is 312 g/mol. The summed E-state index contributed by atoms with van der Waals surface area (Å²) in [5.74, 6) is 0.898. The smallest absolute Gasteiger partial charge is 0.128 e. The molecule has 0 amide bonds. The number of likely N-dealkylation sites (N-methyl/N-ethyl adjacent to an activating group) is 2. The van der Waals surface area contributed by atoms with Crippen LogP contribution in [0.15, 0.2) is 46.6 Å². The highest BCUT2D eigenvalue weighted by atomic mass is 16.5. The second-order valence-corrected chi connectivity index (χ2v) is 6.88. The van der Waals surface area contributed by atoms with Gasteiger partial charge >= 0.3 is 0 Å². The fourth-order valence-corrected chi connectivity index (χ4v) is 3.20. The fraction of sp³-hybridized carbons (Fsp3) is 0.600. The fourth-order valence-electron chi connectivity index (χ4n) is 3.20. The van der Waals surface area contributed by atoms with Gasteiger partial charge in [-0.3, -0.25) is 4.99 Å². The van der Waals surface area contributed by atoms with Crippen molar-refractivity contribution < 1.29 is 4.74 Å². The molecule has 1 saturated heterocycles. The van der Waals surface area contributed by atoms with Gasteiger partial charge in [-0.15, -0.1) is 0 Å². The van der Waals surface area contributed by atoms with Crippen molar-refractivity contribution in [2.75, 3.05) is 34.3 Å². The summed E-state index contributed by atoms with van der Waals surface area (Å²) in [6, 6.07) is 0.207. The summed E-state index contributed by atoms with van der Waals surface area (Å²) >= 11 is 0. The van der Waals surface area contributed by atoms with Crippen molar-refractivity contribution in [3.63, 3.8) is 0 Å². The lowest BCUT2D eigenvalue weighted by molar-refractivity contribution is -0.0656. The number of ether oxygens (including phenoxy) is 1. The molecule has 0 radical (unpaired) electrons. The molecule has 0 aliphatic carbocycles. The SMILES string of the molecule is C=C(CNC)N=C(/C=C\C)N(C)C1CC(C)OC[C@]1(C)C(=C)C=NC. The second-order valence-electron chi connectivity index (χ2n) is 6.88. The summed E-state index contributed by atoms with van der Waals surface area (Å²) in [4.78, 5) is 11.1. The maximum atomic E-state index is 5.97. The summed E-state index contributed by atoms with van der Waals surface area (Å²) in [6.45, 7) is 15.9. The van der Waals surface area contributed by atoms with E-state index in [1.165, 1.54) is 0 Å². The molecule has 5 nitrogen and oxygen atoms in total. The van der Waals surface area contributed by atoms with Gasteiger partial charge in [0.05, 0.1) is 12.7 Å². The lowest BCUT2D eigenvalue weighted by Crippen LogP contribution is -2.55. The van der Waals surface area contributed by atoms with Crippen LogP contribution >= 0.6 is 0 Å². The summed E-state index contributed by atoms with van der Waals surface area (Å²) in [7, 11) is 5.75. The molecule has 140 valence electrons. The van der Waals surface area contributed by atoms with Crippen molar-refractivity contribution in [1.82, 2.24) is 10.2 Å². The third-order valence-corrected chi connectivity index (χ3v) is 4.77. The van der Waals surface area contributed by atoms with Crippen molar-refractivity contribution in [2.24, 2.45) is 15.4 Å². The van der Waals surface area contributed by atoms with Gasteiger partial charge in [-0.1, -0.05) is 26.2 Å². The topological polar surface area (TPSA) is 49.2 Å². The molecule has 25 heavy (non-hydrogen) atoms. The summed E-state index contributed by atoms with van der Waals surface area (Å²) < 4.78 is 5.97. The third kappa shape index (κ3) is 5.38. The summed E-state index contributed by atoms with van der Waals surface area (Å²) in [5.41, 5.74) is 1.55. The number of aliphatic imine (C=N–C) groups is 2. The number of nitrogens with one attached hydrogen (secondary N) is 1. The van der Waals surface area contributed by atoms with Crippen molar-refractivity contribution in [1.29, 1.82) is 0 Å². The molecule has 3 atom stereocenters. The van der Waals surface area contributed by atoms with E-state index in [1.807, 2.05) is 32.3 Å². The first-order chi connectivity index (χ1) is 11.8. The lowest BCUT2D eigenvalue weighted by atomic mass is 9.72. The van der Waals surface area contributed by atoms with Crippen LogP contribution in [-0.4, -0.2) is 63.4 Å². The van der Waals surface area contributed by atoms with E-state index in [-0.39, 0.29) is 17.6 Å². The van der Waals surface area contributed by atoms with Crippen LogP contribution in [-0.2, 0) is 4.74 Å². The largest absolute Gasteiger partial charge is 0.377 e. The quantitative estimate of drug-likeness (QED) is 0.569. The predicted molar refractivity (Wildman–Crippen MR) is 109 cm³/mol. The molecular formula is C20H34N4O. The summed E-state index contributed by atoms with van der Waals surface area (Å²) in [5, 5.41) is 3.09. The molecule has 1 aliphatic rings. The van der Waals surface area contributed by atoms with Gasteiger partial charge in [-0.25, -0.2) is 4.99 Å². The van der Waals surface area contributed by atoms with Crippen LogP contribution in [0.1, 0.15) is 27.2 Å². The molecule has 5 heteroatoms. The van der Waals surface area contributed by atoms with Gasteiger partial charge in [0.1, 0.15) is 5.84 Å². The Bertz CT molecular complexity index is 564. The number of hydrogen-bond acceptors (Lipinski definition) is 4. The normalized spacial score (nSPS) is 27.8. The number of amidine groups is 1. The number of hydrogen-bond donors (Lipinski definition) is 1. The van der Waals surface area contributed by atoms with Crippen molar-refractivity contribution in [3.05, 3.63) is 36.6 Å². The average molecular weight is 347 g/mol. The molecule has 0 aromatic rings. The molecule has 0 saturated carbocycles. The summed E-state index contributed by atoms with van der Waals surface area (Å²) in [6.07, 6.45) is 6.97. The zero-order chi connectivity index (χ0) is 19.0. The van der Waals surface area contributed by atoms with Gasteiger partial charge in [0, 0.05) is 44.0 Å². The number of allylic oxidation sites excluding steroid dienone is 1. The zero-order valence-corrected chi connectivity index (χ0v) is 16.7. The molecule has 0 aromatic carbocycles. The van der Waals surface area contributed by atoms with Gasteiger partial charge in [-0.2, -0.15) is 0 Å². The van der Waals surface area contributed by atoms with Crippen LogP contribution in [0.5, 0.6) is 0 Å². The van der Waals surface area contributed by atoms with E-state index in [2.05, 4.69) is 49.3 Å². The zero-order valence-electron chi connectivity index (χ0n) is 16.7. The number of nitrogens with zero attached hydrogens (tertiary/aromatic N) is 3. The van der Waals surface area contributed by atoms with Gasteiger partial charge in [0.2, 0.25) is 0 Å². The van der Waals surface area contributed by atoms with Gasteiger partial charge < -0.3 is 15.0 Å². The molecule has 1 rings (SSSR count). The maximum absolute atomic E-state index is 5.97. The standard InChI is InChI=1S/C20H34N4O/c1-9-10-19(23-16(3)13-22-7)24(8)18-11-17(4)25-14-20(18,5)15(2)12-21-6/h9-10,12,17-18,22H,2-3,11,13-14H2,1,4-8H3/b10-9-,21-12?,23-19?/t17?,18?,20-/m1/s1. The Morgan fingerprint density at radius 1 is 1.44 bits per heavy atom. The van der Waals surface area contributed by atoms with E-state index in [4.69, 9.17) is 9.73 Å².